The summed E-state index contributed by atoms with van der Waals surface area (Å²) in [5, 5.41) is 9.97. The van der Waals surface area contributed by atoms with Crippen LogP contribution in [-0.2, 0) is 6.42 Å². The van der Waals surface area contributed by atoms with Gasteiger partial charge in [-0.25, -0.2) is 0 Å². The number of rotatable bonds is 7. The second kappa shape index (κ2) is 8.07. The highest BCUT2D eigenvalue weighted by Gasteiger charge is 2.06. The van der Waals surface area contributed by atoms with Crippen molar-refractivity contribution >= 4 is 11.6 Å². The molecule has 0 spiro atoms. The summed E-state index contributed by atoms with van der Waals surface area (Å²) in [6.45, 7) is 2.65. The average Bonchev–Trinajstić information content (AvgIpc) is 2.96. The lowest BCUT2D eigenvalue weighted by Crippen LogP contribution is -2.23. The van der Waals surface area contributed by atoms with Gasteiger partial charge in [-0.15, -0.1) is 0 Å². The minimum Gasteiger partial charge on any atom is -0.497 e. The third-order valence-corrected chi connectivity index (χ3v) is 3.49. The predicted octanol–water partition coefficient (Wildman–Crippen LogP) is 2.09. The van der Waals surface area contributed by atoms with Crippen LogP contribution in [0.2, 0.25) is 0 Å². The number of hydrogen-bond acceptors (Lipinski definition) is 4. The molecule has 1 heterocycles. The Hall–Kier alpha value is -2.70. The Morgan fingerprint density at radius 3 is 2.83 bits per heavy atom. The first kappa shape index (κ1) is 16.7. The van der Waals surface area contributed by atoms with Crippen molar-refractivity contribution in [3.8, 4) is 11.5 Å². The second-order valence-electron chi connectivity index (χ2n) is 5.08. The number of nitrogens with one attached hydrogen (secondary N) is 2. The summed E-state index contributed by atoms with van der Waals surface area (Å²) in [4.78, 5) is 4.34. The number of nitrogens with zero attached hydrogens (tertiary/aromatic N) is 2. The van der Waals surface area contributed by atoms with Crippen LogP contribution in [0.4, 0.5) is 5.69 Å². The van der Waals surface area contributed by atoms with E-state index >= 15 is 0 Å². The van der Waals surface area contributed by atoms with Crippen molar-refractivity contribution in [3.63, 3.8) is 0 Å². The van der Waals surface area contributed by atoms with Gasteiger partial charge in [0.1, 0.15) is 11.5 Å². The van der Waals surface area contributed by atoms with E-state index in [-0.39, 0.29) is 0 Å². The molecule has 0 fully saturated rings. The molecule has 0 aliphatic heterocycles. The Labute approximate surface area is 135 Å². The van der Waals surface area contributed by atoms with Gasteiger partial charge in [0.2, 0.25) is 0 Å². The molecule has 4 N–H and O–H groups in total. The zero-order chi connectivity index (χ0) is 16.7. The number of anilines is 1. The predicted molar refractivity (Wildman–Crippen MR) is 91.3 cm³/mol. The Bertz CT molecular complexity index is 666. The third kappa shape index (κ3) is 4.64. The minimum absolute atomic E-state index is 0.348. The van der Waals surface area contributed by atoms with Gasteiger partial charge in [0.05, 0.1) is 26.1 Å². The van der Waals surface area contributed by atoms with Crippen molar-refractivity contribution in [2.24, 2.45) is 10.7 Å². The van der Waals surface area contributed by atoms with Crippen LogP contribution >= 0.6 is 0 Å². The molecule has 2 rings (SSSR count). The largest absolute Gasteiger partial charge is 0.497 e. The SMILES string of the molecule is COc1ccc(OC)c(NC(N)=NCCCc2cn[nH]c2C)c1. The topological polar surface area (TPSA) is 97.6 Å². The van der Waals surface area contributed by atoms with Gasteiger partial charge < -0.3 is 20.5 Å². The van der Waals surface area contributed by atoms with Crippen molar-refractivity contribution in [1.29, 1.82) is 0 Å². The van der Waals surface area contributed by atoms with E-state index in [1.807, 2.05) is 31.3 Å². The van der Waals surface area contributed by atoms with E-state index < -0.39 is 0 Å². The molecule has 1 aromatic carbocycles. The lowest BCUT2D eigenvalue weighted by molar-refractivity contribution is 0.405. The van der Waals surface area contributed by atoms with Crippen LogP contribution in [0.1, 0.15) is 17.7 Å². The van der Waals surface area contributed by atoms with Crippen LogP contribution in [0.25, 0.3) is 0 Å². The molecule has 1 aromatic heterocycles. The van der Waals surface area contributed by atoms with Crippen molar-refractivity contribution in [1.82, 2.24) is 10.2 Å². The zero-order valence-corrected chi connectivity index (χ0v) is 13.7. The molecule has 0 bridgehead atoms. The van der Waals surface area contributed by atoms with Crippen molar-refractivity contribution in [2.45, 2.75) is 19.8 Å². The summed E-state index contributed by atoms with van der Waals surface area (Å²) in [5.41, 5.74) is 8.96. The van der Waals surface area contributed by atoms with Crippen LogP contribution < -0.4 is 20.5 Å². The number of methoxy groups -OCH3 is 2. The van der Waals surface area contributed by atoms with Crippen LogP contribution in [-0.4, -0.2) is 36.9 Å². The molecular formula is C16H23N5O2. The number of aromatic nitrogens is 2. The van der Waals surface area contributed by atoms with Crippen molar-refractivity contribution < 1.29 is 9.47 Å². The van der Waals surface area contributed by atoms with Crippen LogP contribution in [0, 0.1) is 6.92 Å². The van der Waals surface area contributed by atoms with Crippen LogP contribution in [0.5, 0.6) is 11.5 Å². The summed E-state index contributed by atoms with van der Waals surface area (Å²) in [7, 11) is 3.22. The van der Waals surface area contributed by atoms with Gasteiger partial charge in [-0.2, -0.15) is 5.10 Å². The fourth-order valence-corrected chi connectivity index (χ4v) is 2.19. The maximum Gasteiger partial charge on any atom is 0.193 e. The highest BCUT2D eigenvalue weighted by molar-refractivity contribution is 5.94. The maximum atomic E-state index is 5.93. The summed E-state index contributed by atoms with van der Waals surface area (Å²) in [6, 6.07) is 5.46. The molecule has 0 saturated carbocycles. The lowest BCUT2D eigenvalue weighted by Gasteiger charge is -2.12. The maximum absolute atomic E-state index is 5.93. The van der Waals surface area contributed by atoms with E-state index in [1.165, 1.54) is 5.56 Å². The normalized spacial score (nSPS) is 11.3. The zero-order valence-electron chi connectivity index (χ0n) is 13.7. The van der Waals surface area contributed by atoms with E-state index in [0.29, 0.717) is 18.3 Å². The minimum atomic E-state index is 0.348. The molecular weight excluding hydrogens is 294 g/mol. The second-order valence-corrected chi connectivity index (χ2v) is 5.08. The molecule has 2 aromatic rings. The smallest absolute Gasteiger partial charge is 0.193 e. The molecule has 7 heteroatoms. The standard InChI is InChI=1S/C16H23N5O2/c1-11-12(10-19-21-11)5-4-8-18-16(17)20-14-9-13(22-2)6-7-15(14)23-3/h6-7,9-10H,4-5,8H2,1-3H3,(H,19,21)(H3,17,18,20). The van der Waals surface area contributed by atoms with Gasteiger partial charge in [-0.3, -0.25) is 10.1 Å². The number of nitrogens with two attached hydrogens (primary N) is 1. The highest BCUT2D eigenvalue weighted by atomic mass is 16.5. The fraction of sp³-hybridized carbons (Fsp3) is 0.375. The van der Waals surface area contributed by atoms with Gasteiger partial charge in [0.25, 0.3) is 0 Å². The number of benzene rings is 1. The van der Waals surface area contributed by atoms with Gasteiger partial charge >= 0.3 is 0 Å². The Morgan fingerprint density at radius 1 is 1.35 bits per heavy atom. The number of aryl methyl sites for hydroxylation is 2. The summed E-state index contributed by atoms with van der Waals surface area (Å²) < 4.78 is 10.5. The molecule has 0 saturated heterocycles. The highest BCUT2D eigenvalue weighted by Crippen LogP contribution is 2.28. The van der Waals surface area contributed by atoms with Crippen molar-refractivity contribution in [3.05, 3.63) is 35.7 Å². The van der Waals surface area contributed by atoms with E-state index in [4.69, 9.17) is 15.2 Å². The Kier molecular flexibility index (Phi) is 5.85. The number of ether oxygens (including phenoxy) is 2. The summed E-state index contributed by atoms with van der Waals surface area (Å²) >= 11 is 0. The van der Waals surface area contributed by atoms with Gasteiger partial charge in [0, 0.05) is 18.3 Å². The van der Waals surface area contributed by atoms with Crippen LogP contribution in [0.3, 0.4) is 0 Å². The lowest BCUT2D eigenvalue weighted by atomic mass is 10.1. The first-order valence-electron chi connectivity index (χ1n) is 7.42. The number of guanidine groups is 1. The quantitative estimate of drug-likeness (QED) is 0.413. The molecule has 0 amide bonds. The molecule has 7 nitrogen and oxygen atoms in total. The summed E-state index contributed by atoms with van der Waals surface area (Å²) in [5.74, 6) is 1.75. The fourth-order valence-electron chi connectivity index (χ4n) is 2.19. The summed E-state index contributed by atoms with van der Waals surface area (Å²) in [6.07, 6.45) is 3.67. The number of aromatic amines is 1. The van der Waals surface area contributed by atoms with Crippen LogP contribution in [0.15, 0.2) is 29.4 Å². The molecule has 23 heavy (non-hydrogen) atoms. The molecule has 0 atom stereocenters. The Balaban J connectivity index is 1.90. The molecule has 0 unspecified atom stereocenters. The first-order valence-corrected chi connectivity index (χ1v) is 7.42. The average molecular weight is 317 g/mol. The number of hydrogen-bond donors (Lipinski definition) is 3. The van der Waals surface area contributed by atoms with Gasteiger partial charge in [0.15, 0.2) is 5.96 Å². The van der Waals surface area contributed by atoms with E-state index in [2.05, 4.69) is 20.5 Å². The van der Waals surface area contributed by atoms with E-state index in [0.717, 1.165) is 30.0 Å². The van der Waals surface area contributed by atoms with Gasteiger partial charge in [-0.1, -0.05) is 0 Å². The third-order valence-electron chi connectivity index (χ3n) is 3.49. The molecule has 0 radical (unpaired) electrons. The molecule has 124 valence electrons. The first-order chi connectivity index (χ1) is 11.1. The number of aliphatic imine (C=N–C) groups is 1. The Morgan fingerprint density at radius 2 is 2.17 bits per heavy atom. The van der Waals surface area contributed by atoms with E-state index in [1.54, 1.807) is 14.2 Å². The monoisotopic (exact) mass is 317 g/mol. The molecule has 0 aliphatic rings. The van der Waals surface area contributed by atoms with Gasteiger partial charge in [-0.05, 0) is 37.5 Å². The number of H-pyrrole nitrogens is 1. The van der Waals surface area contributed by atoms with Crippen molar-refractivity contribution in [2.75, 3.05) is 26.1 Å². The molecule has 0 aliphatic carbocycles. The van der Waals surface area contributed by atoms with E-state index in [9.17, 15) is 0 Å².